The van der Waals surface area contributed by atoms with Crippen LogP contribution in [0.25, 0.3) is 5.03 Å². The monoisotopic (exact) mass is 259 g/mol. The summed E-state index contributed by atoms with van der Waals surface area (Å²) in [5.74, 6) is -0.213. The highest BCUT2D eigenvalue weighted by atomic mass is 35.5. The van der Waals surface area contributed by atoms with Crippen LogP contribution < -0.4 is 10.7 Å². The van der Waals surface area contributed by atoms with Crippen LogP contribution in [0, 0.1) is 0 Å². The second-order valence-electron chi connectivity index (χ2n) is 4.09. The lowest BCUT2D eigenvalue weighted by Crippen LogP contribution is -2.18. The lowest BCUT2D eigenvalue weighted by Gasteiger charge is -2.19. The fourth-order valence-electron chi connectivity index (χ4n) is 2.05. The van der Waals surface area contributed by atoms with Crippen molar-refractivity contribution in [3.05, 3.63) is 47.2 Å². The molecule has 1 amide bonds. The summed E-state index contributed by atoms with van der Waals surface area (Å²) in [6, 6.07) is 7.69. The van der Waals surface area contributed by atoms with E-state index in [0.29, 0.717) is 22.0 Å². The minimum atomic E-state index is -0.213. The number of amides is 1. The molecule has 18 heavy (non-hydrogen) atoms. The van der Waals surface area contributed by atoms with Crippen molar-refractivity contribution >= 4 is 33.9 Å². The first-order valence-electron chi connectivity index (χ1n) is 5.50. The van der Waals surface area contributed by atoms with Crippen LogP contribution in [-0.2, 0) is 4.79 Å². The fraction of sp³-hybridized carbons (Fsp3) is 0.0769. The molecule has 3 rings (SSSR count). The summed E-state index contributed by atoms with van der Waals surface area (Å²) < 4.78 is 0. The quantitative estimate of drug-likeness (QED) is 0.703. The fourth-order valence-corrected chi connectivity index (χ4v) is 2.32. The highest BCUT2D eigenvalue weighted by Crippen LogP contribution is 2.34. The van der Waals surface area contributed by atoms with E-state index in [1.54, 1.807) is 13.0 Å². The van der Waals surface area contributed by atoms with Crippen LogP contribution in [0.4, 0.5) is 5.69 Å². The standard InChI is InChI=1S/C13H10ClN3O/c1-7-12(13(18)17-16-7)11-6-9(14)8-4-2-3-5-10(8)15-11/h2-6,15H,1H3,(H,17,18). The highest BCUT2D eigenvalue weighted by Gasteiger charge is 2.25. The van der Waals surface area contributed by atoms with Gasteiger partial charge in [-0.05, 0) is 19.1 Å². The normalized spacial score (nSPS) is 21.8. The summed E-state index contributed by atoms with van der Waals surface area (Å²) >= 11 is 6.23. The molecule has 0 bridgehead atoms. The van der Waals surface area contributed by atoms with E-state index in [4.69, 9.17) is 11.6 Å². The van der Waals surface area contributed by atoms with Gasteiger partial charge in [-0.3, -0.25) is 4.79 Å². The Morgan fingerprint density at radius 1 is 1.28 bits per heavy atom. The van der Waals surface area contributed by atoms with Gasteiger partial charge in [0.05, 0.1) is 22.0 Å². The number of benzene rings is 1. The highest BCUT2D eigenvalue weighted by molar-refractivity contribution is 6.50. The van der Waals surface area contributed by atoms with E-state index in [-0.39, 0.29) is 5.91 Å². The zero-order valence-electron chi connectivity index (χ0n) is 9.62. The number of allylic oxidation sites excluding steroid dienone is 1. The van der Waals surface area contributed by atoms with Crippen LogP contribution in [0.5, 0.6) is 0 Å². The molecule has 0 saturated carbocycles. The minimum Gasteiger partial charge on any atom is -0.354 e. The molecule has 4 nitrogen and oxygen atoms in total. The van der Waals surface area contributed by atoms with Crippen LogP contribution in [0.15, 0.2) is 46.7 Å². The predicted octanol–water partition coefficient (Wildman–Crippen LogP) is 2.45. The maximum absolute atomic E-state index is 11.7. The third-order valence-corrected chi connectivity index (χ3v) is 3.22. The van der Waals surface area contributed by atoms with Crippen LogP contribution >= 0.6 is 11.6 Å². The number of anilines is 1. The first-order chi connectivity index (χ1) is 8.66. The molecule has 0 fully saturated rings. The molecular weight excluding hydrogens is 250 g/mol. The molecule has 2 aliphatic heterocycles. The maximum Gasteiger partial charge on any atom is 0.275 e. The maximum atomic E-state index is 11.7. The van der Waals surface area contributed by atoms with Gasteiger partial charge in [-0.2, -0.15) is 5.10 Å². The number of rotatable bonds is 0. The van der Waals surface area contributed by atoms with Gasteiger partial charge < -0.3 is 5.32 Å². The molecule has 5 heteroatoms. The number of carbonyl (C=O) groups is 1. The van der Waals surface area contributed by atoms with Gasteiger partial charge in [-0.15, -0.1) is 0 Å². The number of hydrogen-bond donors (Lipinski definition) is 2. The van der Waals surface area contributed by atoms with Crippen molar-refractivity contribution in [2.75, 3.05) is 5.32 Å². The van der Waals surface area contributed by atoms with Crippen molar-refractivity contribution < 1.29 is 4.79 Å². The topological polar surface area (TPSA) is 53.5 Å². The van der Waals surface area contributed by atoms with E-state index in [9.17, 15) is 4.79 Å². The van der Waals surface area contributed by atoms with E-state index in [1.165, 1.54) is 0 Å². The molecule has 0 atom stereocenters. The first kappa shape index (κ1) is 11.0. The second kappa shape index (κ2) is 3.99. The number of hydrogen-bond acceptors (Lipinski definition) is 3. The second-order valence-corrected chi connectivity index (χ2v) is 4.50. The van der Waals surface area contributed by atoms with Gasteiger partial charge in [0.15, 0.2) is 0 Å². The van der Waals surface area contributed by atoms with Crippen molar-refractivity contribution in [3.8, 4) is 0 Å². The molecule has 0 radical (unpaired) electrons. The lowest BCUT2D eigenvalue weighted by atomic mass is 10.0. The van der Waals surface area contributed by atoms with Gasteiger partial charge >= 0.3 is 0 Å². The average molecular weight is 260 g/mol. The van der Waals surface area contributed by atoms with Crippen molar-refractivity contribution in [3.63, 3.8) is 0 Å². The van der Waals surface area contributed by atoms with Crippen molar-refractivity contribution in [1.29, 1.82) is 0 Å². The number of hydrazone groups is 1. The van der Waals surface area contributed by atoms with Crippen molar-refractivity contribution in [1.82, 2.24) is 5.43 Å². The molecule has 0 aliphatic carbocycles. The largest absolute Gasteiger partial charge is 0.354 e. The molecule has 0 spiro atoms. The first-order valence-corrected chi connectivity index (χ1v) is 5.87. The van der Waals surface area contributed by atoms with Gasteiger partial charge in [0.1, 0.15) is 0 Å². The Morgan fingerprint density at radius 2 is 2.06 bits per heavy atom. The van der Waals surface area contributed by atoms with Crippen LogP contribution in [0.3, 0.4) is 0 Å². The Hall–Kier alpha value is -2.07. The van der Waals surface area contributed by atoms with E-state index >= 15 is 0 Å². The van der Waals surface area contributed by atoms with Crippen LogP contribution in [0.1, 0.15) is 12.5 Å². The number of para-hydroxylation sites is 1. The van der Waals surface area contributed by atoms with Crippen molar-refractivity contribution in [2.45, 2.75) is 6.92 Å². The van der Waals surface area contributed by atoms with Gasteiger partial charge in [0, 0.05) is 11.3 Å². The summed E-state index contributed by atoms with van der Waals surface area (Å²) in [4.78, 5) is 11.7. The number of fused-ring (bicyclic) bond motifs is 1. The Morgan fingerprint density at radius 3 is 2.78 bits per heavy atom. The zero-order valence-corrected chi connectivity index (χ0v) is 10.4. The molecule has 2 N–H and O–H groups in total. The molecule has 0 saturated heterocycles. The Bertz CT molecular complexity index is 643. The van der Waals surface area contributed by atoms with Gasteiger partial charge in [0.25, 0.3) is 5.91 Å². The molecule has 2 heterocycles. The summed E-state index contributed by atoms with van der Waals surface area (Å²) in [6.07, 6.45) is 1.75. The van der Waals surface area contributed by atoms with Crippen molar-refractivity contribution in [2.24, 2.45) is 5.10 Å². The third kappa shape index (κ3) is 1.62. The molecule has 2 aliphatic rings. The zero-order chi connectivity index (χ0) is 12.7. The Kier molecular flexibility index (Phi) is 2.45. The summed E-state index contributed by atoms with van der Waals surface area (Å²) in [7, 11) is 0. The number of carbonyl (C=O) groups excluding carboxylic acids is 1. The molecular formula is C13H10ClN3O. The lowest BCUT2D eigenvalue weighted by molar-refractivity contribution is -0.116. The molecule has 0 aromatic heterocycles. The molecule has 1 aromatic carbocycles. The number of nitrogens with one attached hydrogen (secondary N) is 2. The van der Waals surface area contributed by atoms with Gasteiger partial charge in [-0.25, -0.2) is 5.43 Å². The van der Waals surface area contributed by atoms with E-state index in [0.717, 1.165) is 11.3 Å². The van der Waals surface area contributed by atoms with Crippen LogP contribution in [-0.4, -0.2) is 11.6 Å². The smallest absolute Gasteiger partial charge is 0.275 e. The molecule has 0 unspecified atom stereocenters. The van der Waals surface area contributed by atoms with E-state index in [2.05, 4.69) is 15.8 Å². The Balaban J connectivity index is 2.15. The number of nitrogens with zero attached hydrogens (tertiary/aromatic N) is 1. The predicted molar refractivity (Wildman–Crippen MR) is 72.2 cm³/mol. The van der Waals surface area contributed by atoms with Gasteiger partial charge in [0.2, 0.25) is 0 Å². The minimum absolute atomic E-state index is 0.213. The number of halogens is 1. The summed E-state index contributed by atoms with van der Waals surface area (Å²) in [5.41, 5.74) is 6.11. The van der Waals surface area contributed by atoms with E-state index in [1.807, 2.05) is 24.3 Å². The summed E-state index contributed by atoms with van der Waals surface area (Å²) in [6.45, 7) is 1.78. The van der Waals surface area contributed by atoms with Gasteiger partial charge in [-0.1, -0.05) is 29.8 Å². The molecule has 90 valence electrons. The van der Waals surface area contributed by atoms with E-state index < -0.39 is 0 Å². The molecule has 1 aromatic rings. The average Bonchev–Trinajstić information content (AvgIpc) is 2.69. The SMILES string of the molecule is CC1=NNC(=O)C1=C1C=C(Cl)c2ccccc2N1. The third-order valence-electron chi connectivity index (χ3n) is 2.91. The Labute approximate surface area is 109 Å². The summed E-state index contributed by atoms with van der Waals surface area (Å²) in [5, 5.41) is 7.72. The van der Waals surface area contributed by atoms with Crippen LogP contribution in [0.2, 0.25) is 0 Å².